The molecule has 2 aromatic heterocycles. The van der Waals surface area contributed by atoms with Crippen LogP contribution in [0.2, 0.25) is 0 Å². The van der Waals surface area contributed by atoms with E-state index in [2.05, 4.69) is 9.55 Å². The van der Waals surface area contributed by atoms with Gasteiger partial charge in [0.15, 0.2) is 5.78 Å². The van der Waals surface area contributed by atoms with Crippen LogP contribution in [-0.2, 0) is 6.54 Å². The van der Waals surface area contributed by atoms with E-state index in [1.54, 1.807) is 13.1 Å². The van der Waals surface area contributed by atoms with E-state index in [1.807, 2.05) is 38.2 Å². The molecular weight excluding hydrogens is 260 g/mol. The molecule has 0 spiro atoms. The van der Waals surface area contributed by atoms with Crippen LogP contribution >= 0.6 is 11.6 Å². The second-order valence-corrected chi connectivity index (χ2v) is 5.37. The van der Waals surface area contributed by atoms with Gasteiger partial charge in [0.1, 0.15) is 0 Å². The van der Waals surface area contributed by atoms with E-state index in [-0.39, 0.29) is 5.78 Å². The quantitative estimate of drug-likeness (QED) is 0.634. The number of Topliss-reactive ketones (excluding diaryl/α,β-unsaturated/α-hetero) is 1. The van der Waals surface area contributed by atoms with Crippen molar-refractivity contribution in [3.05, 3.63) is 53.1 Å². The van der Waals surface area contributed by atoms with Gasteiger partial charge in [0.25, 0.3) is 0 Å². The zero-order valence-corrected chi connectivity index (χ0v) is 12.1. The molecule has 2 heterocycles. The van der Waals surface area contributed by atoms with E-state index in [1.165, 1.54) is 0 Å². The number of pyridine rings is 1. The minimum absolute atomic E-state index is 0.0211. The Morgan fingerprint density at radius 3 is 2.79 bits per heavy atom. The largest absolute Gasteiger partial charge is 0.344 e. The van der Waals surface area contributed by atoms with Crippen molar-refractivity contribution in [3.8, 4) is 0 Å². The normalized spacial score (nSPS) is 12.4. The Kier molecular flexibility index (Phi) is 4.05. The van der Waals surface area contributed by atoms with Gasteiger partial charge in [-0.05, 0) is 38.5 Å². The first kappa shape index (κ1) is 13.8. The van der Waals surface area contributed by atoms with Crippen LogP contribution in [0.4, 0.5) is 0 Å². The van der Waals surface area contributed by atoms with Crippen LogP contribution in [0.3, 0.4) is 0 Å². The van der Waals surface area contributed by atoms with E-state index < -0.39 is 5.38 Å². The topological polar surface area (TPSA) is 34.9 Å². The van der Waals surface area contributed by atoms with Gasteiger partial charge in [0.05, 0.1) is 5.38 Å². The monoisotopic (exact) mass is 276 g/mol. The molecule has 19 heavy (non-hydrogen) atoms. The van der Waals surface area contributed by atoms with Crippen molar-refractivity contribution in [2.24, 2.45) is 0 Å². The van der Waals surface area contributed by atoms with Crippen molar-refractivity contribution in [1.29, 1.82) is 0 Å². The molecule has 0 N–H and O–H groups in total. The summed E-state index contributed by atoms with van der Waals surface area (Å²) in [5.74, 6) is -0.0211. The molecule has 3 nitrogen and oxygen atoms in total. The van der Waals surface area contributed by atoms with E-state index in [0.29, 0.717) is 5.56 Å². The number of hydrogen-bond acceptors (Lipinski definition) is 2. The molecule has 0 aliphatic heterocycles. The highest BCUT2D eigenvalue weighted by Crippen LogP contribution is 2.19. The lowest BCUT2D eigenvalue weighted by Gasteiger charge is -2.10. The lowest BCUT2D eigenvalue weighted by Crippen LogP contribution is -2.12. The number of ketones is 1. The van der Waals surface area contributed by atoms with Gasteiger partial charge in [-0.15, -0.1) is 11.6 Å². The second kappa shape index (κ2) is 5.57. The van der Waals surface area contributed by atoms with Gasteiger partial charge in [0.2, 0.25) is 0 Å². The summed E-state index contributed by atoms with van der Waals surface area (Å²) in [7, 11) is 0. The SMILES string of the molecule is Cc1cc(C(=O)C(C)Cl)c(C)n1Cc1cccnc1. The smallest absolute Gasteiger partial charge is 0.182 e. The number of halogens is 1. The molecule has 0 fully saturated rings. The third-order valence-corrected chi connectivity index (χ3v) is 3.46. The Bertz CT molecular complexity index is 588. The van der Waals surface area contributed by atoms with Crippen molar-refractivity contribution in [1.82, 2.24) is 9.55 Å². The maximum Gasteiger partial charge on any atom is 0.182 e. The molecule has 1 atom stereocenters. The summed E-state index contributed by atoms with van der Waals surface area (Å²) in [5, 5.41) is -0.493. The molecule has 2 rings (SSSR count). The molecule has 1 unspecified atom stereocenters. The Morgan fingerprint density at radius 1 is 1.47 bits per heavy atom. The number of aromatic nitrogens is 2. The third kappa shape index (κ3) is 2.87. The first-order chi connectivity index (χ1) is 9.00. The standard InChI is InChI=1S/C15H17ClN2O/c1-10-7-14(15(19)11(2)16)12(3)18(10)9-13-5-4-6-17-8-13/h4-8,11H,9H2,1-3H3. The molecule has 0 amide bonds. The lowest BCUT2D eigenvalue weighted by molar-refractivity contribution is 0.0991. The van der Waals surface area contributed by atoms with Crippen LogP contribution in [0.1, 0.15) is 34.2 Å². The molecule has 2 aromatic rings. The molecule has 0 radical (unpaired) electrons. The average molecular weight is 277 g/mol. The molecule has 100 valence electrons. The highest BCUT2D eigenvalue weighted by molar-refractivity contribution is 6.33. The van der Waals surface area contributed by atoms with Crippen molar-refractivity contribution in [3.63, 3.8) is 0 Å². The number of nitrogens with zero attached hydrogens (tertiary/aromatic N) is 2. The molecule has 0 bridgehead atoms. The van der Waals surface area contributed by atoms with Gasteiger partial charge in [-0.25, -0.2) is 0 Å². The maximum atomic E-state index is 12.0. The minimum atomic E-state index is -0.493. The van der Waals surface area contributed by atoms with E-state index in [0.717, 1.165) is 23.5 Å². The first-order valence-corrected chi connectivity index (χ1v) is 6.68. The molecule has 0 saturated carbocycles. The van der Waals surface area contributed by atoms with Gasteiger partial charge in [-0.2, -0.15) is 0 Å². The predicted molar refractivity (Wildman–Crippen MR) is 76.9 cm³/mol. The second-order valence-electron chi connectivity index (χ2n) is 4.71. The van der Waals surface area contributed by atoms with Gasteiger partial charge >= 0.3 is 0 Å². The Labute approximate surface area is 118 Å². The Morgan fingerprint density at radius 2 is 2.21 bits per heavy atom. The minimum Gasteiger partial charge on any atom is -0.344 e. The van der Waals surface area contributed by atoms with Crippen molar-refractivity contribution in [2.45, 2.75) is 32.7 Å². The number of carbonyl (C=O) groups is 1. The zero-order chi connectivity index (χ0) is 14.0. The van der Waals surface area contributed by atoms with Crippen LogP contribution in [0.5, 0.6) is 0 Å². The fraction of sp³-hybridized carbons (Fsp3) is 0.333. The van der Waals surface area contributed by atoms with Crippen molar-refractivity contribution < 1.29 is 4.79 Å². The maximum absolute atomic E-state index is 12.0. The summed E-state index contributed by atoms with van der Waals surface area (Å²) in [6.07, 6.45) is 3.59. The summed E-state index contributed by atoms with van der Waals surface area (Å²) in [4.78, 5) is 16.1. The summed E-state index contributed by atoms with van der Waals surface area (Å²) in [6.45, 7) is 6.38. The van der Waals surface area contributed by atoms with Gasteiger partial charge in [-0.3, -0.25) is 9.78 Å². The zero-order valence-electron chi connectivity index (χ0n) is 11.4. The number of aryl methyl sites for hydroxylation is 1. The van der Waals surface area contributed by atoms with Crippen LogP contribution in [-0.4, -0.2) is 20.7 Å². The van der Waals surface area contributed by atoms with Crippen LogP contribution in [0, 0.1) is 13.8 Å². The van der Waals surface area contributed by atoms with Crippen LogP contribution in [0.15, 0.2) is 30.6 Å². The molecule has 4 heteroatoms. The summed E-state index contributed by atoms with van der Waals surface area (Å²) >= 11 is 5.89. The highest BCUT2D eigenvalue weighted by Gasteiger charge is 2.19. The third-order valence-electron chi connectivity index (χ3n) is 3.26. The number of hydrogen-bond donors (Lipinski definition) is 0. The van der Waals surface area contributed by atoms with E-state index in [4.69, 9.17) is 11.6 Å². The molecule has 0 saturated heterocycles. The van der Waals surface area contributed by atoms with Crippen molar-refractivity contribution in [2.75, 3.05) is 0 Å². The molecular formula is C15H17ClN2O. The highest BCUT2D eigenvalue weighted by atomic mass is 35.5. The van der Waals surface area contributed by atoms with Crippen LogP contribution < -0.4 is 0 Å². The summed E-state index contributed by atoms with van der Waals surface area (Å²) in [6, 6.07) is 5.85. The van der Waals surface area contributed by atoms with Crippen LogP contribution in [0.25, 0.3) is 0 Å². The van der Waals surface area contributed by atoms with Gasteiger partial charge in [0, 0.05) is 35.9 Å². The number of rotatable bonds is 4. The van der Waals surface area contributed by atoms with E-state index in [9.17, 15) is 4.79 Å². The molecule has 0 aliphatic carbocycles. The number of carbonyl (C=O) groups excluding carboxylic acids is 1. The Hall–Kier alpha value is -1.61. The molecule has 0 aliphatic rings. The summed E-state index contributed by atoms with van der Waals surface area (Å²) in [5.41, 5.74) is 3.84. The average Bonchev–Trinajstić information content (AvgIpc) is 2.67. The fourth-order valence-electron chi connectivity index (χ4n) is 2.18. The predicted octanol–water partition coefficient (Wildman–Crippen LogP) is 3.36. The van der Waals surface area contributed by atoms with Gasteiger partial charge in [-0.1, -0.05) is 6.07 Å². The van der Waals surface area contributed by atoms with Gasteiger partial charge < -0.3 is 4.57 Å². The molecule has 0 aromatic carbocycles. The van der Waals surface area contributed by atoms with E-state index >= 15 is 0 Å². The number of alkyl halides is 1. The lowest BCUT2D eigenvalue weighted by atomic mass is 10.1. The fourth-order valence-corrected chi connectivity index (χ4v) is 2.30. The van der Waals surface area contributed by atoms with Crippen molar-refractivity contribution >= 4 is 17.4 Å². The first-order valence-electron chi connectivity index (χ1n) is 6.24. The summed E-state index contributed by atoms with van der Waals surface area (Å²) < 4.78 is 2.11. The Balaban J connectivity index is 2.35.